The van der Waals surface area contributed by atoms with Crippen LogP contribution >= 0.6 is 0 Å². The number of aryl methyl sites for hydroxylation is 2. The van der Waals surface area contributed by atoms with Crippen LogP contribution in [0.15, 0.2) is 24.7 Å². The van der Waals surface area contributed by atoms with Crippen LogP contribution in [-0.2, 0) is 7.05 Å². The minimum absolute atomic E-state index is 0.353. The van der Waals surface area contributed by atoms with E-state index in [0.717, 1.165) is 47.2 Å². The van der Waals surface area contributed by atoms with Gasteiger partial charge in [0.1, 0.15) is 23.8 Å². The lowest BCUT2D eigenvalue weighted by Gasteiger charge is -2.45. The maximum Gasteiger partial charge on any atom is 0.177 e. The third kappa shape index (κ3) is 2.18. The summed E-state index contributed by atoms with van der Waals surface area (Å²) in [4.78, 5) is 13.6. The second-order valence-electron chi connectivity index (χ2n) is 6.59. The van der Waals surface area contributed by atoms with Gasteiger partial charge in [0.2, 0.25) is 0 Å². The molecular formula is C16H18N10. The van der Waals surface area contributed by atoms with Crippen LogP contribution in [0.4, 0.5) is 11.6 Å². The highest BCUT2D eigenvalue weighted by molar-refractivity contribution is 5.87. The number of aromatic nitrogens is 8. The quantitative estimate of drug-likeness (QED) is 0.525. The summed E-state index contributed by atoms with van der Waals surface area (Å²) in [6.07, 6.45) is 3.45. The van der Waals surface area contributed by atoms with Gasteiger partial charge in [-0.05, 0) is 19.1 Å². The Morgan fingerprint density at radius 1 is 1.19 bits per heavy atom. The predicted octanol–water partition coefficient (Wildman–Crippen LogP) is 0.434. The van der Waals surface area contributed by atoms with E-state index < -0.39 is 0 Å². The Morgan fingerprint density at radius 2 is 2.04 bits per heavy atom. The topological polar surface area (TPSA) is 93.2 Å². The third-order valence-corrected chi connectivity index (χ3v) is 4.90. The van der Waals surface area contributed by atoms with Gasteiger partial charge in [-0.2, -0.15) is 9.61 Å². The first-order valence-electron chi connectivity index (χ1n) is 8.41. The van der Waals surface area contributed by atoms with Crippen molar-refractivity contribution in [3.8, 4) is 0 Å². The molecule has 4 aromatic rings. The van der Waals surface area contributed by atoms with Crippen molar-refractivity contribution >= 4 is 28.3 Å². The second-order valence-corrected chi connectivity index (χ2v) is 6.59. The molecule has 0 aromatic carbocycles. The Labute approximate surface area is 149 Å². The van der Waals surface area contributed by atoms with Crippen molar-refractivity contribution in [3.63, 3.8) is 0 Å². The number of likely N-dealkylation sites (N-methyl/N-ethyl adjacent to an activating group) is 1. The van der Waals surface area contributed by atoms with Crippen molar-refractivity contribution in [3.05, 3.63) is 30.5 Å². The molecule has 5 rings (SSSR count). The van der Waals surface area contributed by atoms with Crippen molar-refractivity contribution in [2.24, 2.45) is 7.05 Å². The monoisotopic (exact) mass is 350 g/mol. The molecule has 0 atom stereocenters. The Balaban J connectivity index is 1.39. The first kappa shape index (κ1) is 15.0. The highest BCUT2D eigenvalue weighted by atomic mass is 15.4. The van der Waals surface area contributed by atoms with E-state index in [0.29, 0.717) is 6.04 Å². The summed E-state index contributed by atoms with van der Waals surface area (Å²) in [7, 11) is 3.98. The molecule has 10 heteroatoms. The van der Waals surface area contributed by atoms with Gasteiger partial charge in [-0.3, -0.25) is 4.68 Å². The van der Waals surface area contributed by atoms with Gasteiger partial charge in [-0.1, -0.05) is 0 Å². The Hall–Kier alpha value is -3.30. The summed E-state index contributed by atoms with van der Waals surface area (Å²) in [6, 6.07) is 4.26. The summed E-state index contributed by atoms with van der Waals surface area (Å²) < 4.78 is 3.48. The fourth-order valence-corrected chi connectivity index (χ4v) is 3.33. The summed E-state index contributed by atoms with van der Waals surface area (Å²) in [5.74, 6) is 2.60. The molecule has 10 nitrogen and oxygen atoms in total. The minimum Gasteiger partial charge on any atom is -0.352 e. The number of anilines is 2. The van der Waals surface area contributed by atoms with E-state index in [1.165, 1.54) is 0 Å². The maximum atomic E-state index is 4.66. The largest absolute Gasteiger partial charge is 0.352 e. The van der Waals surface area contributed by atoms with Gasteiger partial charge in [0.15, 0.2) is 11.3 Å². The molecule has 5 heterocycles. The molecule has 0 amide bonds. The summed E-state index contributed by atoms with van der Waals surface area (Å²) in [6.45, 7) is 3.67. The van der Waals surface area contributed by atoms with Crippen LogP contribution in [0.25, 0.3) is 16.7 Å². The minimum atomic E-state index is 0.353. The van der Waals surface area contributed by atoms with Gasteiger partial charge in [-0.15, -0.1) is 15.3 Å². The van der Waals surface area contributed by atoms with E-state index in [1.807, 2.05) is 32.3 Å². The van der Waals surface area contributed by atoms with Gasteiger partial charge < -0.3 is 9.80 Å². The summed E-state index contributed by atoms with van der Waals surface area (Å²) >= 11 is 0. The highest BCUT2D eigenvalue weighted by Gasteiger charge is 2.33. The molecule has 0 N–H and O–H groups in total. The molecule has 0 bridgehead atoms. The van der Waals surface area contributed by atoms with Crippen LogP contribution in [-0.4, -0.2) is 65.7 Å². The van der Waals surface area contributed by atoms with E-state index in [1.54, 1.807) is 15.5 Å². The SMILES string of the molecule is Cc1nc(N(C)C2CN(c3ccc4nncn4n3)C2)c2cnn(C)c2n1. The van der Waals surface area contributed by atoms with Crippen LogP contribution in [0.3, 0.4) is 0 Å². The number of rotatable bonds is 3. The molecular weight excluding hydrogens is 332 g/mol. The summed E-state index contributed by atoms with van der Waals surface area (Å²) in [5.41, 5.74) is 1.61. The molecule has 0 unspecified atom stereocenters. The van der Waals surface area contributed by atoms with Crippen molar-refractivity contribution in [1.29, 1.82) is 0 Å². The smallest absolute Gasteiger partial charge is 0.177 e. The van der Waals surface area contributed by atoms with Crippen LogP contribution in [0.1, 0.15) is 5.82 Å². The van der Waals surface area contributed by atoms with Crippen LogP contribution < -0.4 is 9.80 Å². The number of nitrogens with zero attached hydrogens (tertiary/aromatic N) is 10. The van der Waals surface area contributed by atoms with E-state index in [9.17, 15) is 0 Å². The first-order chi connectivity index (χ1) is 12.6. The Morgan fingerprint density at radius 3 is 2.88 bits per heavy atom. The van der Waals surface area contributed by atoms with Crippen LogP contribution in [0, 0.1) is 6.92 Å². The lowest BCUT2D eigenvalue weighted by Crippen LogP contribution is -2.59. The number of fused-ring (bicyclic) bond motifs is 2. The molecule has 4 aromatic heterocycles. The van der Waals surface area contributed by atoms with E-state index in [-0.39, 0.29) is 0 Å². The van der Waals surface area contributed by atoms with Gasteiger partial charge in [0.25, 0.3) is 0 Å². The van der Waals surface area contributed by atoms with Gasteiger partial charge in [0, 0.05) is 27.2 Å². The number of hydrogen-bond donors (Lipinski definition) is 0. The fourth-order valence-electron chi connectivity index (χ4n) is 3.33. The molecule has 1 aliphatic rings. The first-order valence-corrected chi connectivity index (χ1v) is 8.41. The number of hydrogen-bond acceptors (Lipinski definition) is 8. The Kier molecular flexibility index (Phi) is 3.08. The predicted molar refractivity (Wildman–Crippen MR) is 96.2 cm³/mol. The molecule has 0 spiro atoms. The normalized spacial score (nSPS) is 15.0. The molecule has 1 fully saturated rings. The zero-order chi connectivity index (χ0) is 17.8. The van der Waals surface area contributed by atoms with Gasteiger partial charge in [-0.25, -0.2) is 9.97 Å². The van der Waals surface area contributed by atoms with Crippen molar-refractivity contribution < 1.29 is 0 Å². The summed E-state index contributed by atoms with van der Waals surface area (Å²) in [5, 5.41) is 17.7. The molecule has 0 aliphatic carbocycles. The van der Waals surface area contributed by atoms with Crippen molar-refractivity contribution in [1.82, 2.24) is 39.6 Å². The molecule has 0 saturated carbocycles. The average Bonchev–Trinajstić information content (AvgIpc) is 3.19. The zero-order valence-corrected chi connectivity index (χ0v) is 14.8. The van der Waals surface area contributed by atoms with Crippen LogP contribution in [0.2, 0.25) is 0 Å². The van der Waals surface area contributed by atoms with E-state index in [4.69, 9.17) is 0 Å². The van der Waals surface area contributed by atoms with E-state index in [2.05, 4.69) is 47.2 Å². The zero-order valence-electron chi connectivity index (χ0n) is 14.8. The fraction of sp³-hybridized carbons (Fsp3) is 0.375. The molecule has 26 heavy (non-hydrogen) atoms. The van der Waals surface area contributed by atoms with Crippen molar-refractivity contribution in [2.45, 2.75) is 13.0 Å². The third-order valence-electron chi connectivity index (χ3n) is 4.90. The van der Waals surface area contributed by atoms with Gasteiger partial charge in [0.05, 0.1) is 17.6 Å². The molecule has 1 saturated heterocycles. The van der Waals surface area contributed by atoms with E-state index >= 15 is 0 Å². The molecule has 132 valence electrons. The maximum absolute atomic E-state index is 4.66. The molecule has 0 radical (unpaired) electrons. The lowest BCUT2D eigenvalue weighted by atomic mass is 10.1. The second kappa shape index (κ2) is 5.35. The highest BCUT2D eigenvalue weighted by Crippen LogP contribution is 2.28. The average molecular weight is 350 g/mol. The van der Waals surface area contributed by atoms with Gasteiger partial charge >= 0.3 is 0 Å². The van der Waals surface area contributed by atoms with Crippen molar-refractivity contribution in [2.75, 3.05) is 29.9 Å². The Bertz CT molecular complexity index is 1110. The standard InChI is InChI=1S/C16H18N10/c1-10-19-15(12-6-18-24(3)16(12)20-10)23(2)11-7-25(8-11)14-5-4-13-21-17-9-26(13)22-14/h4-6,9,11H,7-8H2,1-3H3. The lowest BCUT2D eigenvalue weighted by molar-refractivity contribution is 0.487. The molecule has 1 aliphatic heterocycles. The van der Waals surface area contributed by atoms with Crippen LogP contribution in [0.5, 0.6) is 0 Å².